The molecule has 0 spiro atoms. The van der Waals surface area contributed by atoms with Gasteiger partial charge in [0, 0.05) is 29.5 Å². The highest BCUT2D eigenvalue weighted by atomic mass is 35.5. The van der Waals surface area contributed by atoms with E-state index >= 15 is 0 Å². The van der Waals surface area contributed by atoms with E-state index in [9.17, 15) is 9.90 Å². The van der Waals surface area contributed by atoms with Gasteiger partial charge in [-0.15, -0.1) is 11.6 Å². The molecule has 1 atom stereocenters. The monoisotopic (exact) mass is 357 g/mol. The number of fused-ring (bicyclic) bond motifs is 1. The van der Waals surface area contributed by atoms with E-state index in [4.69, 9.17) is 25.8 Å². The Hall–Kier alpha value is -1.82. The van der Waals surface area contributed by atoms with E-state index in [0.717, 1.165) is 0 Å². The lowest BCUT2D eigenvalue weighted by molar-refractivity contribution is 0.0582. The minimum absolute atomic E-state index is 0.0116. The van der Waals surface area contributed by atoms with Crippen LogP contribution >= 0.6 is 11.6 Å². The first-order valence-corrected chi connectivity index (χ1v) is 8.23. The van der Waals surface area contributed by atoms with Crippen LogP contribution < -0.4 is 14.4 Å². The number of benzene rings is 1. The normalized spacial score (nSPS) is 16.8. The predicted molar refractivity (Wildman–Crippen MR) is 93.0 cm³/mol. The molecule has 0 aromatic heterocycles. The quantitative estimate of drug-likeness (QED) is 0.833. The van der Waals surface area contributed by atoms with Crippen molar-refractivity contribution in [3.8, 4) is 17.2 Å². The van der Waals surface area contributed by atoms with Crippen molar-refractivity contribution in [1.29, 1.82) is 0 Å². The van der Waals surface area contributed by atoms with E-state index in [1.807, 2.05) is 0 Å². The Balaban J connectivity index is 2.64. The summed E-state index contributed by atoms with van der Waals surface area (Å²) in [6.45, 7) is 7.47. The Morgan fingerprint density at radius 2 is 1.88 bits per heavy atom. The SMILES string of the molecule is COc1c(C)c(OC)c2c(c1O)[C@H](CCl)CN2C(=O)OC(C)(C)C. The number of anilines is 1. The maximum Gasteiger partial charge on any atom is 0.414 e. The molecule has 1 aromatic carbocycles. The smallest absolute Gasteiger partial charge is 0.414 e. The van der Waals surface area contributed by atoms with Crippen LogP contribution in [0.3, 0.4) is 0 Å². The Kier molecular flexibility index (Phi) is 5.08. The van der Waals surface area contributed by atoms with Crippen molar-refractivity contribution in [1.82, 2.24) is 0 Å². The fourth-order valence-electron chi connectivity index (χ4n) is 2.98. The van der Waals surface area contributed by atoms with Gasteiger partial charge in [0.15, 0.2) is 11.5 Å². The number of ether oxygens (including phenoxy) is 3. The molecule has 6 nitrogen and oxygen atoms in total. The number of carbonyl (C=O) groups is 1. The second-order valence-electron chi connectivity index (χ2n) is 6.74. The molecule has 134 valence electrons. The van der Waals surface area contributed by atoms with Gasteiger partial charge in [-0.25, -0.2) is 4.79 Å². The van der Waals surface area contributed by atoms with Crippen molar-refractivity contribution in [3.05, 3.63) is 11.1 Å². The lowest BCUT2D eigenvalue weighted by atomic mass is 9.98. The number of phenolic OH excluding ortho intramolecular Hbond substituents is 1. The van der Waals surface area contributed by atoms with Crippen molar-refractivity contribution < 1.29 is 24.1 Å². The molecule has 1 heterocycles. The van der Waals surface area contributed by atoms with E-state index in [1.54, 1.807) is 27.7 Å². The van der Waals surface area contributed by atoms with Crippen LogP contribution in [0, 0.1) is 6.92 Å². The Bertz CT molecular complexity index is 654. The van der Waals surface area contributed by atoms with Crippen LogP contribution in [-0.4, -0.2) is 43.4 Å². The number of aromatic hydroxyl groups is 1. The molecule has 7 heteroatoms. The zero-order valence-corrected chi connectivity index (χ0v) is 15.7. The fourth-order valence-corrected chi connectivity index (χ4v) is 3.23. The number of halogens is 1. The number of phenols is 1. The number of rotatable bonds is 3. The zero-order valence-electron chi connectivity index (χ0n) is 14.9. The average Bonchev–Trinajstić information content (AvgIpc) is 2.86. The van der Waals surface area contributed by atoms with E-state index in [1.165, 1.54) is 19.1 Å². The minimum Gasteiger partial charge on any atom is -0.504 e. The summed E-state index contributed by atoms with van der Waals surface area (Å²) in [4.78, 5) is 14.1. The summed E-state index contributed by atoms with van der Waals surface area (Å²) >= 11 is 6.07. The third-order valence-electron chi connectivity index (χ3n) is 3.91. The molecule has 1 aromatic rings. The molecule has 0 aliphatic carbocycles. The van der Waals surface area contributed by atoms with Crippen LogP contribution in [0.4, 0.5) is 10.5 Å². The maximum atomic E-state index is 12.6. The first-order valence-electron chi connectivity index (χ1n) is 7.70. The van der Waals surface area contributed by atoms with Crippen LogP contribution in [0.2, 0.25) is 0 Å². The van der Waals surface area contributed by atoms with Gasteiger partial charge in [-0.05, 0) is 27.7 Å². The van der Waals surface area contributed by atoms with Crippen LogP contribution in [-0.2, 0) is 4.74 Å². The molecule has 0 fully saturated rings. The topological polar surface area (TPSA) is 68.2 Å². The summed E-state index contributed by atoms with van der Waals surface area (Å²) in [6, 6.07) is 0. The molecule has 0 saturated heterocycles. The highest BCUT2D eigenvalue weighted by Gasteiger charge is 2.41. The molecule has 1 aliphatic heterocycles. The lowest BCUT2D eigenvalue weighted by Crippen LogP contribution is -2.36. The fraction of sp³-hybridized carbons (Fsp3) is 0.588. The molecule has 1 amide bonds. The maximum absolute atomic E-state index is 12.6. The molecule has 0 saturated carbocycles. The Labute approximate surface area is 147 Å². The van der Waals surface area contributed by atoms with Crippen molar-refractivity contribution in [3.63, 3.8) is 0 Å². The highest BCUT2D eigenvalue weighted by molar-refractivity contribution is 6.18. The highest BCUT2D eigenvalue weighted by Crippen LogP contribution is 2.54. The van der Waals surface area contributed by atoms with Gasteiger partial charge < -0.3 is 19.3 Å². The standard InChI is InChI=1S/C17H24ClNO5/c1-9-14(22-5)12-11(13(20)15(9)23-6)10(7-18)8-19(12)16(21)24-17(2,3)4/h10,20H,7-8H2,1-6H3/t10-/m1/s1. The molecule has 0 radical (unpaired) electrons. The van der Waals surface area contributed by atoms with E-state index in [-0.39, 0.29) is 17.5 Å². The summed E-state index contributed by atoms with van der Waals surface area (Å²) in [5.41, 5.74) is 1.02. The average molecular weight is 358 g/mol. The van der Waals surface area contributed by atoms with Crippen molar-refractivity contribution in [2.45, 2.75) is 39.2 Å². The van der Waals surface area contributed by atoms with Gasteiger partial charge in [0.2, 0.25) is 0 Å². The van der Waals surface area contributed by atoms with Crippen LogP contribution in [0.15, 0.2) is 0 Å². The van der Waals surface area contributed by atoms with E-state index < -0.39 is 11.7 Å². The summed E-state index contributed by atoms with van der Waals surface area (Å²) in [6.07, 6.45) is -0.501. The summed E-state index contributed by atoms with van der Waals surface area (Å²) in [7, 11) is 2.99. The molecule has 1 N–H and O–H groups in total. The van der Waals surface area contributed by atoms with Crippen molar-refractivity contribution >= 4 is 23.4 Å². The third kappa shape index (κ3) is 3.07. The first kappa shape index (κ1) is 18.5. The van der Waals surface area contributed by atoms with Gasteiger partial charge in [0.25, 0.3) is 0 Å². The van der Waals surface area contributed by atoms with Gasteiger partial charge in [0.05, 0.1) is 19.9 Å². The van der Waals surface area contributed by atoms with Gasteiger partial charge >= 0.3 is 6.09 Å². The van der Waals surface area contributed by atoms with Crippen LogP contribution in [0.1, 0.15) is 37.8 Å². The first-order chi connectivity index (χ1) is 11.2. The van der Waals surface area contributed by atoms with E-state index in [2.05, 4.69) is 0 Å². The van der Waals surface area contributed by atoms with Crippen molar-refractivity contribution in [2.24, 2.45) is 0 Å². The molecule has 0 bridgehead atoms. The molecular weight excluding hydrogens is 334 g/mol. The second-order valence-corrected chi connectivity index (χ2v) is 7.05. The lowest BCUT2D eigenvalue weighted by Gasteiger charge is -2.26. The number of amides is 1. The number of methoxy groups -OCH3 is 2. The summed E-state index contributed by atoms with van der Waals surface area (Å²) in [5.74, 6) is 0.792. The molecular formula is C17H24ClNO5. The van der Waals surface area contributed by atoms with Crippen molar-refractivity contribution in [2.75, 3.05) is 31.5 Å². The Morgan fingerprint density at radius 1 is 1.29 bits per heavy atom. The summed E-state index contributed by atoms with van der Waals surface area (Å²) in [5, 5.41) is 10.6. The summed E-state index contributed by atoms with van der Waals surface area (Å²) < 4.78 is 16.3. The van der Waals surface area contributed by atoms with Crippen LogP contribution in [0.5, 0.6) is 17.2 Å². The number of hydrogen-bond acceptors (Lipinski definition) is 5. The van der Waals surface area contributed by atoms with Gasteiger partial charge in [-0.1, -0.05) is 0 Å². The molecule has 2 rings (SSSR count). The largest absolute Gasteiger partial charge is 0.504 e. The number of alkyl halides is 1. The Morgan fingerprint density at radius 3 is 2.33 bits per heavy atom. The van der Waals surface area contributed by atoms with Crippen LogP contribution in [0.25, 0.3) is 0 Å². The number of carbonyl (C=O) groups excluding carboxylic acids is 1. The molecule has 0 unspecified atom stereocenters. The predicted octanol–water partition coefficient (Wildman–Crippen LogP) is 3.80. The van der Waals surface area contributed by atoms with Gasteiger partial charge in [-0.2, -0.15) is 0 Å². The number of nitrogens with zero attached hydrogens (tertiary/aromatic N) is 1. The molecule has 24 heavy (non-hydrogen) atoms. The number of hydrogen-bond donors (Lipinski definition) is 1. The van der Waals surface area contributed by atoms with Gasteiger partial charge in [-0.3, -0.25) is 4.90 Å². The molecule has 1 aliphatic rings. The van der Waals surface area contributed by atoms with Gasteiger partial charge in [0.1, 0.15) is 11.4 Å². The minimum atomic E-state index is -0.632. The third-order valence-corrected chi connectivity index (χ3v) is 4.28. The second kappa shape index (κ2) is 6.59. The zero-order chi connectivity index (χ0) is 18.2. The van der Waals surface area contributed by atoms with E-state index in [0.29, 0.717) is 34.9 Å².